The van der Waals surface area contributed by atoms with E-state index in [4.69, 9.17) is 20.4 Å². The van der Waals surface area contributed by atoms with Gasteiger partial charge in [-0.1, -0.05) is 0 Å². The highest BCUT2D eigenvalue weighted by Gasteiger charge is 2.42. The molecule has 0 spiro atoms. The fourth-order valence-corrected chi connectivity index (χ4v) is 6.63. The van der Waals surface area contributed by atoms with Crippen LogP contribution in [0.15, 0.2) is 11.1 Å². The van der Waals surface area contributed by atoms with Crippen LogP contribution in [0.3, 0.4) is 0 Å². The van der Waals surface area contributed by atoms with Gasteiger partial charge in [-0.2, -0.15) is 13.6 Å². The number of aromatic nitrogens is 3. The zero-order chi connectivity index (χ0) is 21.3. The molecule has 1 saturated heterocycles. The molecule has 3 unspecified atom stereocenters. The predicted molar refractivity (Wildman–Crippen MR) is 91.6 cm³/mol. The largest absolute Gasteiger partial charge is 0.490 e. The van der Waals surface area contributed by atoms with E-state index in [1.165, 1.54) is 0 Å². The number of rotatable bonds is 8. The minimum absolute atomic E-state index is 0.0161. The normalized spacial score (nSPS) is 27.2. The summed E-state index contributed by atoms with van der Waals surface area (Å²) in [6.07, 6.45) is 0.00827. The van der Waals surface area contributed by atoms with E-state index in [9.17, 15) is 28.5 Å². The van der Waals surface area contributed by atoms with Crippen molar-refractivity contribution in [3.63, 3.8) is 0 Å². The number of aliphatic hydroxyl groups is 1. The molecule has 1 aliphatic heterocycles. The molecule has 0 radical (unpaired) electrons. The average molecular weight is 484 g/mol. The number of hydrogen-bond donors (Lipinski definition) is 6. The Hall–Kier alpha value is -0.670. The maximum absolute atomic E-state index is 11.8. The quantitative estimate of drug-likeness (QED) is 0.240. The molecule has 2 heterocycles. The molecule has 1 aromatic heterocycles. The van der Waals surface area contributed by atoms with E-state index >= 15 is 0 Å². The van der Waals surface area contributed by atoms with Gasteiger partial charge in [0.25, 0.3) is 0 Å². The highest BCUT2D eigenvalue weighted by molar-refractivity contribution is 8.00. The van der Waals surface area contributed by atoms with Crippen LogP contribution in [0.4, 0.5) is 5.95 Å². The average Bonchev–Trinajstić information content (AvgIpc) is 2.82. The highest BCUT2D eigenvalue weighted by atomic mass is 32.2. The van der Waals surface area contributed by atoms with Crippen molar-refractivity contribution >= 4 is 41.2 Å². The number of phosphoric ester groups is 1. The summed E-state index contributed by atoms with van der Waals surface area (Å²) in [6.45, 7) is -0.684. The molecule has 28 heavy (non-hydrogen) atoms. The van der Waals surface area contributed by atoms with Gasteiger partial charge in [0.05, 0.1) is 23.3 Å². The number of nitrogens with zero attached hydrogens (tertiary/aromatic N) is 3. The molecule has 1 aromatic rings. The van der Waals surface area contributed by atoms with Gasteiger partial charge in [0.2, 0.25) is 5.95 Å². The van der Waals surface area contributed by atoms with Gasteiger partial charge in [-0.25, -0.2) is 23.5 Å². The van der Waals surface area contributed by atoms with Gasteiger partial charge in [-0.05, 0) is 0 Å². The molecular formula is C8H15N4O12P3S. The van der Waals surface area contributed by atoms with Crippen molar-refractivity contribution in [3.8, 4) is 0 Å². The molecule has 7 N–H and O–H groups in total. The Morgan fingerprint density at radius 3 is 2.43 bits per heavy atom. The molecule has 0 aromatic carbocycles. The van der Waals surface area contributed by atoms with E-state index in [0.29, 0.717) is 0 Å². The summed E-state index contributed by atoms with van der Waals surface area (Å²) < 4.78 is 46.2. The minimum Gasteiger partial charge on any atom is -0.392 e. The van der Waals surface area contributed by atoms with Crippen LogP contribution in [0.25, 0.3) is 0 Å². The highest BCUT2D eigenvalue weighted by Crippen LogP contribution is 2.66. The van der Waals surface area contributed by atoms with E-state index in [-0.39, 0.29) is 12.4 Å². The maximum atomic E-state index is 11.8. The molecule has 1 fully saturated rings. The van der Waals surface area contributed by atoms with Crippen molar-refractivity contribution in [1.29, 1.82) is 0 Å². The number of thioether (sulfide) groups is 1. The maximum Gasteiger partial charge on any atom is 0.490 e. The first-order valence-electron chi connectivity index (χ1n) is 7.00. The summed E-state index contributed by atoms with van der Waals surface area (Å²) in [5, 5.41) is 8.49. The van der Waals surface area contributed by atoms with Gasteiger partial charge < -0.3 is 30.4 Å². The zero-order valence-corrected chi connectivity index (χ0v) is 17.0. The second-order valence-electron chi connectivity index (χ2n) is 5.22. The first kappa shape index (κ1) is 23.6. The molecule has 160 valence electrons. The monoisotopic (exact) mass is 484 g/mol. The van der Waals surface area contributed by atoms with Crippen LogP contribution in [0.1, 0.15) is 11.8 Å². The summed E-state index contributed by atoms with van der Waals surface area (Å²) in [4.78, 5) is 54.2. The van der Waals surface area contributed by atoms with E-state index < -0.39 is 52.5 Å². The summed E-state index contributed by atoms with van der Waals surface area (Å²) in [5.41, 5.74) is 4.55. The van der Waals surface area contributed by atoms with Crippen molar-refractivity contribution in [1.82, 2.24) is 14.5 Å². The predicted octanol–water partition coefficient (Wildman–Crippen LogP) is -1.07. The van der Waals surface area contributed by atoms with Crippen molar-refractivity contribution in [2.75, 3.05) is 12.3 Å². The minimum atomic E-state index is -5.63. The number of phosphoric acid groups is 3. The standard InChI is InChI=1S/C8H15N4O12P3S/c9-7-10-3-12(8(14)11-7)6-1-4(13)5(28-6)2-22-26(18,19)24-27(20,21)23-25(15,16)17/h3-6,13H,1-2H2,(H,18,19)(H,20,21)(H2,9,11,14)(H2,15,16,17)/t4-,5?,6-/m1/s1. The van der Waals surface area contributed by atoms with E-state index in [2.05, 4.69) is 23.1 Å². The zero-order valence-electron chi connectivity index (χ0n) is 13.5. The van der Waals surface area contributed by atoms with Crippen molar-refractivity contribution in [3.05, 3.63) is 16.8 Å². The molecular weight excluding hydrogens is 469 g/mol. The third-order valence-electron chi connectivity index (χ3n) is 3.08. The molecule has 0 aliphatic carbocycles. The molecule has 2 rings (SSSR count). The molecule has 5 atom stereocenters. The van der Waals surface area contributed by atoms with Gasteiger partial charge >= 0.3 is 29.2 Å². The molecule has 20 heteroatoms. The number of anilines is 1. The first-order chi connectivity index (χ1) is 12.7. The lowest BCUT2D eigenvalue weighted by molar-refractivity contribution is 0.125. The molecule has 0 saturated carbocycles. The third-order valence-corrected chi connectivity index (χ3v) is 8.41. The van der Waals surface area contributed by atoms with Crippen LogP contribution < -0.4 is 11.4 Å². The Morgan fingerprint density at radius 1 is 1.21 bits per heavy atom. The van der Waals surface area contributed by atoms with Gasteiger partial charge in [0.1, 0.15) is 6.33 Å². The second-order valence-corrected chi connectivity index (χ2v) is 11.1. The Balaban J connectivity index is 1.98. The van der Waals surface area contributed by atoms with E-state index in [1.54, 1.807) is 0 Å². The van der Waals surface area contributed by atoms with Gasteiger partial charge in [0, 0.05) is 6.42 Å². The fraction of sp³-hybridized carbons (Fsp3) is 0.625. The van der Waals surface area contributed by atoms with Crippen LogP contribution in [0.2, 0.25) is 0 Å². The third kappa shape index (κ3) is 6.99. The number of hydrogen-bond acceptors (Lipinski definition) is 12. The van der Waals surface area contributed by atoms with E-state index in [1.807, 2.05) is 0 Å². The van der Waals surface area contributed by atoms with Gasteiger partial charge in [-0.3, -0.25) is 9.09 Å². The van der Waals surface area contributed by atoms with Crippen LogP contribution in [-0.4, -0.2) is 57.2 Å². The van der Waals surface area contributed by atoms with E-state index in [0.717, 1.165) is 22.7 Å². The summed E-state index contributed by atoms with van der Waals surface area (Å²) in [7, 11) is -16.4. The molecule has 1 aliphatic rings. The second kappa shape index (κ2) is 8.60. The van der Waals surface area contributed by atoms with Gasteiger partial charge in [-0.15, -0.1) is 11.8 Å². The topological polar surface area (TPSA) is 254 Å². The molecule has 16 nitrogen and oxygen atoms in total. The fourth-order valence-electron chi connectivity index (χ4n) is 2.06. The van der Waals surface area contributed by atoms with Gasteiger partial charge in [0.15, 0.2) is 0 Å². The van der Waals surface area contributed by atoms with Crippen molar-refractivity contribution in [2.24, 2.45) is 0 Å². The van der Waals surface area contributed by atoms with Crippen molar-refractivity contribution < 1.29 is 51.5 Å². The number of nitrogen functional groups attached to an aromatic ring is 1. The number of aliphatic hydroxyl groups excluding tert-OH is 1. The molecule has 0 bridgehead atoms. The first-order valence-corrected chi connectivity index (χ1v) is 12.5. The lowest BCUT2D eigenvalue weighted by Gasteiger charge is -2.18. The lowest BCUT2D eigenvalue weighted by Crippen LogP contribution is -2.26. The van der Waals surface area contributed by atoms with Crippen LogP contribution in [0.5, 0.6) is 0 Å². The summed E-state index contributed by atoms with van der Waals surface area (Å²) >= 11 is 0.953. The van der Waals surface area contributed by atoms with Crippen molar-refractivity contribution in [2.45, 2.75) is 23.1 Å². The summed E-state index contributed by atoms with van der Waals surface area (Å²) in [5.74, 6) is -0.242. The SMILES string of the molecule is Nc1ncn([C@H]2C[C@@H](O)C(COP(=O)(O)OP(=O)(O)OP(=O)(O)O)S2)c(=O)n1. The van der Waals surface area contributed by atoms with Crippen LogP contribution in [0, 0.1) is 0 Å². The Bertz CT molecular complexity index is 920. The van der Waals surface area contributed by atoms with Crippen LogP contribution >= 0.6 is 35.2 Å². The lowest BCUT2D eigenvalue weighted by atomic mass is 10.2. The Kier molecular flexibility index (Phi) is 7.25. The Morgan fingerprint density at radius 2 is 1.86 bits per heavy atom. The number of nitrogens with two attached hydrogens (primary N) is 1. The summed E-state index contributed by atoms with van der Waals surface area (Å²) in [6, 6.07) is 0. The molecule has 0 amide bonds. The van der Waals surface area contributed by atoms with Crippen LogP contribution in [-0.2, 0) is 26.8 Å². The smallest absolute Gasteiger partial charge is 0.392 e. The Labute approximate surface area is 160 Å².